The van der Waals surface area contributed by atoms with Crippen LogP contribution in [0.3, 0.4) is 0 Å². The number of primary sulfonamides is 1. The Morgan fingerprint density at radius 1 is 1.15 bits per heavy atom. The average molecular weight is 578 g/mol. The van der Waals surface area contributed by atoms with Crippen LogP contribution in [0, 0.1) is 0 Å². The number of sulfonamides is 1. The number of benzene rings is 2. The fraction of sp³-hybridized carbons (Fsp3) is 0.250. The van der Waals surface area contributed by atoms with Gasteiger partial charge in [-0.2, -0.15) is 0 Å². The van der Waals surface area contributed by atoms with E-state index in [4.69, 9.17) is 14.7 Å². The molecule has 1 amide bonds. The molecule has 0 aliphatic carbocycles. The zero-order valence-electron chi connectivity index (χ0n) is 22.7. The highest BCUT2D eigenvalue weighted by Crippen LogP contribution is 2.32. The first-order valence-corrected chi connectivity index (χ1v) is 14.5. The Kier molecular flexibility index (Phi) is 8.19. The van der Waals surface area contributed by atoms with Crippen LogP contribution in [0.5, 0.6) is 17.2 Å². The largest absolute Gasteiger partial charge is 0.457 e. The zero-order valence-corrected chi connectivity index (χ0v) is 23.5. The summed E-state index contributed by atoms with van der Waals surface area (Å²) in [7, 11) is -0.303. The third-order valence-corrected chi connectivity index (χ3v) is 7.30. The maximum atomic E-state index is 12.6. The average Bonchev–Trinajstić information content (AvgIpc) is 3.55. The molecule has 0 unspecified atom stereocenters. The number of nitrogens with zero attached hydrogens (tertiary/aromatic N) is 5. The lowest BCUT2D eigenvalue weighted by molar-refractivity contribution is -0.125. The molecule has 1 aliphatic heterocycles. The molecule has 0 spiro atoms. The van der Waals surface area contributed by atoms with E-state index in [-0.39, 0.29) is 28.3 Å². The van der Waals surface area contributed by atoms with Crippen molar-refractivity contribution in [1.82, 2.24) is 24.7 Å². The summed E-state index contributed by atoms with van der Waals surface area (Å²) in [6.07, 6.45) is 5.77. The van der Waals surface area contributed by atoms with Crippen molar-refractivity contribution < 1.29 is 22.8 Å². The van der Waals surface area contributed by atoms with E-state index >= 15 is 0 Å². The number of hydrogen-bond donors (Lipinski definition) is 2. The second kappa shape index (κ2) is 12.0. The summed E-state index contributed by atoms with van der Waals surface area (Å²) in [5.74, 6) is 1.23. The summed E-state index contributed by atoms with van der Waals surface area (Å²) in [4.78, 5) is 27.5. The van der Waals surface area contributed by atoms with Crippen molar-refractivity contribution in [1.29, 1.82) is 0 Å². The minimum absolute atomic E-state index is 0.0354. The molecule has 4 aromatic rings. The number of anilines is 1. The van der Waals surface area contributed by atoms with E-state index in [1.165, 1.54) is 12.1 Å². The lowest BCUT2D eigenvalue weighted by Gasteiger charge is -2.15. The minimum atomic E-state index is -4.19. The number of carbonyl (C=O) groups is 1. The van der Waals surface area contributed by atoms with Gasteiger partial charge in [-0.1, -0.05) is 29.1 Å². The monoisotopic (exact) mass is 577 g/mol. The molecule has 1 aliphatic rings. The lowest BCUT2D eigenvalue weighted by atomic mass is 10.2. The molecule has 0 radical (unpaired) electrons. The molecule has 1 saturated heterocycles. The predicted molar refractivity (Wildman–Crippen MR) is 154 cm³/mol. The van der Waals surface area contributed by atoms with E-state index in [0.717, 1.165) is 11.3 Å². The minimum Gasteiger partial charge on any atom is -0.457 e. The van der Waals surface area contributed by atoms with E-state index in [0.29, 0.717) is 42.2 Å². The molecule has 2 aromatic carbocycles. The number of fused-ring (bicyclic) bond motifs is 1. The number of ether oxygens (including phenoxy) is 1. The van der Waals surface area contributed by atoms with Crippen molar-refractivity contribution in [2.24, 2.45) is 5.14 Å². The van der Waals surface area contributed by atoms with Gasteiger partial charge in [0.2, 0.25) is 21.6 Å². The van der Waals surface area contributed by atoms with E-state index in [1.807, 2.05) is 37.2 Å². The van der Waals surface area contributed by atoms with Crippen molar-refractivity contribution in [2.75, 3.05) is 39.0 Å². The first kappa shape index (κ1) is 28.1. The second-order valence-electron chi connectivity index (χ2n) is 9.83. The first-order valence-electron chi connectivity index (χ1n) is 13.0. The Morgan fingerprint density at radius 3 is 2.71 bits per heavy atom. The van der Waals surface area contributed by atoms with Gasteiger partial charge < -0.3 is 24.7 Å². The summed E-state index contributed by atoms with van der Waals surface area (Å²) in [6.45, 7) is 1.82. The number of aromatic nitrogens is 3. The van der Waals surface area contributed by atoms with E-state index in [2.05, 4.69) is 15.4 Å². The number of para-hydroxylation sites is 1. The smallest absolute Gasteiger partial charge is 0.246 e. The Morgan fingerprint density at radius 2 is 1.95 bits per heavy atom. The van der Waals surface area contributed by atoms with Gasteiger partial charge in [0.1, 0.15) is 16.4 Å². The number of amides is 1. The maximum absolute atomic E-state index is 12.6. The molecule has 3 N–H and O–H groups in total. The SMILES string of the molecule is CN(C)CC=CC(=O)N1CC[C@@H](Nc2nn(Oc3ccc(Oc4ccccc4)cc3S(N)(=O)=O)c3ncccc23)C1. The number of rotatable bonds is 10. The summed E-state index contributed by atoms with van der Waals surface area (Å²) in [6, 6.07) is 16.8. The third-order valence-electron chi connectivity index (χ3n) is 6.37. The van der Waals surface area contributed by atoms with Gasteiger partial charge in [0.05, 0.1) is 5.39 Å². The molecular formula is C28H31N7O5S. The van der Waals surface area contributed by atoms with E-state index < -0.39 is 10.0 Å². The van der Waals surface area contributed by atoms with Gasteiger partial charge in [0, 0.05) is 44.0 Å². The highest BCUT2D eigenvalue weighted by molar-refractivity contribution is 7.89. The van der Waals surface area contributed by atoms with Crippen molar-refractivity contribution in [3.8, 4) is 17.2 Å². The molecule has 0 saturated carbocycles. The molecule has 0 bridgehead atoms. The summed E-state index contributed by atoms with van der Waals surface area (Å²) in [5, 5.41) is 14.1. The van der Waals surface area contributed by atoms with Gasteiger partial charge in [-0.3, -0.25) is 4.79 Å². The van der Waals surface area contributed by atoms with Crippen molar-refractivity contribution >= 4 is 32.8 Å². The van der Waals surface area contributed by atoms with Crippen LogP contribution in [-0.4, -0.2) is 78.8 Å². The molecule has 13 heteroatoms. The predicted octanol–water partition coefficient (Wildman–Crippen LogP) is 2.84. The van der Waals surface area contributed by atoms with Crippen LogP contribution in [-0.2, 0) is 14.8 Å². The topological polar surface area (TPSA) is 145 Å². The Balaban J connectivity index is 1.36. The van der Waals surface area contributed by atoms with Crippen LogP contribution in [0.2, 0.25) is 0 Å². The number of nitrogens with one attached hydrogen (secondary N) is 1. The van der Waals surface area contributed by atoms with Gasteiger partial charge in [0.15, 0.2) is 11.6 Å². The van der Waals surface area contributed by atoms with Crippen LogP contribution in [0.1, 0.15) is 6.42 Å². The molecule has 41 heavy (non-hydrogen) atoms. The molecule has 2 aromatic heterocycles. The van der Waals surface area contributed by atoms with Gasteiger partial charge in [-0.05, 0) is 56.9 Å². The normalized spacial score (nSPS) is 15.6. The van der Waals surface area contributed by atoms with Gasteiger partial charge in [-0.15, -0.1) is 5.10 Å². The van der Waals surface area contributed by atoms with Crippen molar-refractivity contribution in [3.63, 3.8) is 0 Å². The first-order chi connectivity index (χ1) is 19.7. The van der Waals surface area contributed by atoms with Gasteiger partial charge in [-0.25, -0.2) is 18.5 Å². The molecule has 12 nitrogen and oxygen atoms in total. The van der Waals surface area contributed by atoms with Crippen molar-refractivity contribution in [3.05, 3.63) is 79.0 Å². The van der Waals surface area contributed by atoms with Crippen LogP contribution in [0.15, 0.2) is 83.9 Å². The van der Waals surface area contributed by atoms with Crippen LogP contribution in [0.25, 0.3) is 11.0 Å². The summed E-state index contributed by atoms with van der Waals surface area (Å²) < 4.78 is 30.7. The molecule has 214 valence electrons. The second-order valence-corrected chi connectivity index (χ2v) is 11.4. The highest BCUT2D eigenvalue weighted by Gasteiger charge is 2.27. The third kappa shape index (κ3) is 6.82. The Hall–Kier alpha value is -4.46. The number of carbonyl (C=O) groups excluding carboxylic acids is 1. The fourth-order valence-electron chi connectivity index (χ4n) is 4.41. The van der Waals surface area contributed by atoms with Gasteiger partial charge in [0.25, 0.3) is 0 Å². The molecular weight excluding hydrogens is 546 g/mol. The van der Waals surface area contributed by atoms with E-state index in [9.17, 15) is 13.2 Å². The molecule has 1 atom stereocenters. The molecule has 3 heterocycles. The number of pyridine rings is 1. The van der Waals surface area contributed by atoms with Crippen LogP contribution < -0.4 is 20.0 Å². The number of likely N-dealkylation sites (tertiary alicyclic amines) is 1. The number of likely N-dealkylation sites (N-methyl/N-ethyl adjacent to an activating group) is 1. The summed E-state index contributed by atoms with van der Waals surface area (Å²) in [5.41, 5.74) is 0.373. The summed E-state index contributed by atoms with van der Waals surface area (Å²) >= 11 is 0. The van der Waals surface area contributed by atoms with Crippen molar-refractivity contribution in [2.45, 2.75) is 17.4 Å². The van der Waals surface area contributed by atoms with Crippen LogP contribution >= 0.6 is 0 Å². The Bertz CT molecular complexity index is 1670. The highest BCUT2D eigenvalue weighted by atomic mass is 32.2. The molecule has 5 rings (SSSR count). The van der Waals surface area contributed by atoms with E-state index in [1.54, 1.807) is 53.6 Å². The quantitative estimate of drug-likeness (QED) is 0.272. The van der Waals surface area contributed by atoms with Crippen LogP contribution in [0.4, 0.5) is 5.82 Å². The zero-order chi connectivity index (χ0) is 29.0. The Labute approximate surface area is 238 Å². The number of nitrogens with two attached hydrogens (primary N) is 1. The standard InChI is InChI=1S/C28H31N7O5S/c1-33(2)16-7-11-26(36)34-17-14-20(19-34)31-27-23-10-6-15-30-28(23)35(32-27)40-24-13-12-22(18-25(24)41(29,37)38)39-21-8-4-3-5-9-21/h3-13,15,18,20H,14,16-17,19H2,1-2H3,(H,31,32)(H2,29,37,38)/t20-/m1/s1. The number of hydrogen-bond acceptors (Lipinski definition) is 9. The molecule has 1 fully saturated rings. The van der Waals surface area contributed by atoms with Gasteiger partial charge >= 0.3 is 0 Å². The lowest BCUT2D eigenvalue weighted by Crippen LogP contribution is -2.30. The fourth-order valence-corrected chi connectivity index (χ4v) is 5.07. The maximum Gasteiger partial charge on any atom is 0.246 e.